The van der Waals surface area contributed by atoms with Gasteiger partial charge in [-0.2, -0.15) is 0 Å². The molecule has 2 amide bonds. The predicted octanol–water partition coefficient (Wildman–Crippen LogP) is 2.85. The summed E-state index contributed by atoms with van der Waals surface area (Å²) in [5.74, 6) is -0.861. The number of anilines is 2. The number of benzene rings is 1. The van der Waals surface area contributed by atoms with Crippen molar-refractivity contribution in [1.29, 1.82) is 0 Å². The van der Waals surface area contributed by atoms with Crippen LogP contribution in [0.4, 0.5) is 11.4 Å². The molecule has 3 aromatic rings. The Morgan fingerprint density at radius 3 is 2.46 bits per heavy atom. The minimum absolute atomic E-state index is 0.264. The third-order valence-electron chi connectivity index (χ3n) is 3.79. The molecule has 0 bridgehead atoms. The standard InChI is InChI=1S/C17H16N4O2S/c1-8-11(16(23)21-10-6-4-3-5-7-10)9(2)20-17-12(8)13(18)14(24-17)15(19)22/h3-7H,18H2,1-2H3,(H2,19,22)(H,21,23). The first-order valence-electron chi connectivity index (χ1n) is 7.25. The number of para-hydroxylation sites is 1. The zero-order chi connectivity index (χ0) is 17.4. The Kier molecular flexibility index (Phi) is 3.94. The molecular weight excluding hydrogens is 324 g/mol. The topological polar surface area (TPSA) is 111 Å². The first-order chi connectivity index (χ1) is 11.4. The normalized spacial score (nSPS) is 10.8. The second kappa shape index (κ2) is 5.93. The van der Waals surface area contributed by atoms with Gasteiger partial charge in [-0.3, -0.25) is 9.59 Å². The molecule has 0 saturated heterocycles. The van der Waals surface area contributed by atoms with Gasteiger partial charge in [0.25, 0.3) is 11.8 Å². The summed E-state index contributed by atoms with van der Waals surface area (Å²) >= 11 is 1.14. The van der Waals surface area contributed by atoms with Crippen LogP contribution in [0.5, 0.6) is 0 Å². The van der Waals surface area contributed by atoms with Gasteiger partial charge in [-0.05, 0) is 31.5 Å². The molecule has 0 spiro atoms. The monoisotopic (exact) mass is 340 g/mol. The fourth-order valence-electron chi connectivity index (χ4n) is 2.71. The lowest BCUT2D eigenvalue weighted by Gasteiger charge is -2.11. The molecule has 7 heteroatoms. The minimum Gasteiger partial charge on any atom is -0.397 e. The van der Waals surface area contributed by atoms with Crippen LogP contribution >= 0.6 is 11.3 Å². The molecule has 122 valence electrons. The van der Waals surface area contributed by atoms with Gasteiger partial charge in [-0.25, -0.2) is 4.98 Å². The summed E-state index contributed by atoms with van der Waals surface area (Å²) < 4.78 is 0. The number of nitrogens with zero attached hydrogens (tertiary/aromatic N) is 1. The number of rotatable bonds is 3. The number of nitrogens with one attached hydrogen (secondary N) is 1. The van der Waals surface area contributed by atoms with Crippen molar-refractivity contribution in [3.05, 3.63) is 52.0 Å². The Morgan fingerprint density at radius 1 is 1.17 bits per heavy atom. The van der Waals surface area contributed by atoms with Crippen molar-refractivity contribution in [2.45, 2.75) is 13.8 Å². The molecular formula is C17H16N4O2S. The van der Waals surface area contributed by atoms with Crippen LogP contribution in [0.25, 0.3) is 10.2 Å². The highest BCUT2D eigenvalue weighted by molar-refractivity contribution is 7.21. The maximum atomic E-state index is 12.7. The van der Waals surface area contributed by atoms with E-state index in [4.69, 9.17) is 11.5 Å². The van der Waals surface area contributed by atoms with Crippen molar-refractivity contribution in [1.82, 2.24) is 4.98 Å². The zero-order valence-corrected chi connectivity index (χ0v) is 14.0. The Labute approximate surface area is 142 Å². The van der Waals surface area contributed by atoms with E-state index >= 15 is 0 Å². The molecule has 0 fully saturated rings. The Morgan fingerprint density at radius 2 is 1.83 bits per heavy atom. The second-order valence-corrected chi connectivity index (χ2v) is 6.41. The molecule has 1 aromatic carbocycles. The molecule has 0 atom stereocenters. The maximum absolute atomic E-state index is 12.7. The largest absolute Gasteiger partial charge is 0.397 e. The van der Waals surface area contributed by atoms with Crippen molar-refractivity contribution in [2.24, 2.45) is 5.73 Å². The van der Waals surface area contributed by atoms with E-state index < -0.39 is 5.91 Å². The number of primary amides is 1. The summed E-state index contributed by atoms with van der Waals surface area (Å²) in [6.07, 6.45) is 0. The highest BCUT2D eigenvalue weighted by Gasteiger charge is 2.22. The number of thiophene rings is 1. The first-order valence-corrected chi connectivity index (χ1v) is 8.07. The first kappa shape index (κ1) is 15.9. The quantitative estimate of drug-likeness (QED) is 0.680. The average Bonchev–Trinajstić information content (AvgIpc) is 2.85. The molecule has 24 heavy (non-hydrogen) atoms. The minimum atomic E-state index is -0.595. The summed E-state index contributed by atoms with van der Waals surface area (Å²) in [5, 5.41) is 3.45. The number of amides is 2. The highest BCUT2D eigenvalue weighted by atomic mass is 32.1. The lowest BCUT2D eigenvalue weighted by Crippen LogP contribution is -2.16. The van der Waals surface area contributed by atoms with Crippen LogP contribution in [-0.4, -0.2) is 16.8 Å². The van der Waals surface area contributed by atoms with Crippen LogP contribution in [-0.2, 0) is 0 Å². The van der Waals surface area contributed by atoms with Crippen LogP contribution in [0, 0.1) is 13.8 Å². The van der Waals surface area contributed by atoms with E-state index in [9.17, 15) is 9.59 Å². The lowest BCUT2D eigenvalue weighted by atomic mass is 10.0. The number of aromatic nitrogens is 1. The molecule has 3 rings (SSSR count). The van der Waals surface area contributed by atoms with E-state index in [2.05, 4.69) is 10.3 Å². The number of pyridine rings is 1. The predicted molar refractivity (Wildman–Crippen MR) is 96.4 cm³/mol. The summed E-state index contributed by atoms with van der Waals surface area (Å²) in [5.41, 5.74) is 14.1. The molecule has 0 radical (unpaired) electrons. The molecule has 0 aliphatic rings. The van der Waals surface area contributed by atoms with Gasteiger partial charge in [-0.1, -0.05) is 18.2 Å². The fourth-order valence-corrected chi connectivity index (χ4v) is 3.76. The molecule has 6 nitrogen and oxygen atoms in total. The van der Waals surface area contributed by atoms with E-state index in [-0.39, 0.29) is 16.5 Å². The van der Waals surface area contributed by atoms with Crippen LogP contribution in [0.3, 0.4) is 0 Å². The Bertz CT molecular complexity index is 964. The maximum Gasteiger partial charge on any atom is 0.260 e. The van der Waals surface area contributed by atoms with Crippen LogP contribution < -0.4 is 16.8 Å². The Balaban J connectivity index is 2.13. The summed E-state index contributed by atoms with van der Waals surface area (Å²) in [7, 11) is 0. The SMILES string of the molecule is Cc1nc2sc(C(N)=O)c(N)c2c(C)c1C(=O)Nc1ccccc1. The molecule has 0 aliphatic carbocycles. The van der Waals surface area contributed by atoms with Crippen LogP contribution in [0.1, 0.15) is 31.3 Å². The van der Waals surface area contributed by atoms with Gasteiger partial charge in [0.2, 0.25) is 0 Å². The fraction of sp³-hybridized carbons (Fsp3) is 0.118. The number of hydrogen-bond acceptors (Lipinski definition) is 5. The number of fused-ring (bicyclic) bond motifs is 1. The highest BCUT2D eigenvalue weighted by Crippen LogP contribution is 2.36. The molecule has 0 saturated carbocycles. The van der Waals surface area contributed by atoms with E-state index in [0.29, 0.717) is 32.7 Å². The van der Waals surface area contributed by atoms with Crippen molar-refractivity contribution >= 4 is 44.7 Å². The number of nitrogens with two attached hydrogens (primary N) is 2. The van der Waals surface area contributed by atoms with Gasteiger partial charge in [-0.15, -0.1) is 11.3 Å². The van der Waals surface area contributed by atoms with Crippen molar-refractivity contribution in [3.63, 3.8) is 0 Å². The van der Waals surface area contributed by atoms with Crippen molar-refractivity contribution < 1.29 is 9.59 Å². The third kappa shape index (κ3) is 2.59. The van der Waals surface area contributed by atoms with Gasteiger partial charge in [0, 0.05) is 11.1 Å². The van der Waals surface area contributed by atoms with Crippen LogP contribution in [0.15, 0.2) is 30.3 Å². The molecule has 2 heterocycles. The number of aryl methyl sites for hydroxylation is 2. The molecule has 0 unspecified atom stereocenters. The number of carbonyl (C=O) groups is 2. The van der Waals surface area contributed by atoms with Gasteiger partial charge in [0.1, 0.15) is 9.71 Å². The number of carbonyl (C=O) groups excluding carboxylic acids is 2. The molecule has 0 aliphatic heterocycles. The zero-order valence-electron chi connectivity index (χ0n) is 13.2. The molecule has 2 aromatic heterocycles. The smallest absolute Gasteiger partial charge is 0.260 e. The summed E-state index contributed by atoms with van der Waals surface area (Å²) in [6.45, 7) is 3.55. The average molecular weight is 340 g/mol. The summed E-state index contributed by atoms with van der Waals surface area (Å²) in [6, 6.07) is 9.16. The van der Waals surface area contributed by atoms with E-state index in [0.717, 1.165) is 11.3 Å². The number of nitrogen functional groups attached to an aromatic ring is 1. The second-order valence-electron chi connectivity index (χ2n) is 5.41. The van der Waals surface area contributed by atoms with Gasteiger partial charge >= 0.3 is 0 Å². The third-order valence-corrected chi connectivity index (χ3v) is 4.90. The van der Waals surface area contributed by atoms with Gasteiger partial charge < -0.3 is 16.8 Å². The van der Waals surface area contributed by atoms with E-state index in [1.165, 1.54) is 0 Å². The van der Waals surface area contributed by atoms with Crippen molar-refractivity contribution in [2.75, 3.05) is 11.1 Å². The molecule has 5 N–H and O–H groups in total. The van der Waals surface area contributed by atoms with Gasteiger partial charge in [0.15, 0.2) is 0 Å². The van der Waals surface area contributed by atoms with E-state index in [1.807, 2.05) is 18.2 Å². The lowest BCUT2D eigenvalue weighted by molar-refractivity contribution is 0.100. The summed E-state index contributed by atoms with van der Waals surface area (Å²) in [4.78, 5) is 29.5. The Hall–Kier alpha value is -2.93. The number of hydrogen-bond donors (Lipinski definition) is 3. The van der Waals surface area contributed by atoms with Crippen LogP contribution in [0.2, 0.25) is 0 Å². The van der Waals surface area contributed by atoms with Crippen molar-refractivity contribution in [3.8, 4) is 0 Å². The van der Waals surface area contributed by atoms with Gasteiger partial charge in [0.05, 0.1) is 16.9 Å². The van der Waals surface area contributed by atoms with E-state index in [1.54, 1.807) is 26.0 Å².